The van der Waals surface area contributed by atoms with Crippen molar-refractivity contribution in [2.75, 3.05) is 0 Å². The first-order valence-electron chi connectivity index (χ1n) is 6.18. The molecule has 98 valence electrons. The second-order valence-electron chi connectivity index (χ2n) is 5.27. The van der Waals surface area contributed by atoms with Gasteiger partial charge in [0.2, 0.25) is 0 Å². The summed E-state index contributed by atoms with van der Waals surface area (Å²) in [7, 11) is 2.11. The molecule has 2 aromatic rings. The van der Waals surface area contributed by atoms with E-state index < -0.39 is 0 Å². The predicted octanol–water partition coefficient (Wildman–Crippen LogP) is 3.12. The maximum absolute atomic E-state index is 4.40. The van der Waals surface area contributed by atoms with Crippen molar-refractivity contribution in [3.63, 3.8) is 0 Å². The SMILES string of the molecule is Cc1cc(CNC(C)(C)c2nccs2)c(C)n1C. The van der Waals surface area contributed by atoms with Gasteiger partial charge in [0.05, 0.1) is 5.54 Å². The first kappa shape index (κ1) is 13.3. The molecule has 2 rings (SSSR count). The zero-order chi connectivity index (χ0) is 13.3. The predicted molar refractivity (Wildman–Crippen MR) is 76.9 cm³/mol. The summed E-state index contributed by atoms with van der Waals surface area (Å²) in [5, 5.41) is 6.75. The van der Waals surface area contributed by atoms with E-state index in [2.05, 4.69) is 55.7 Å². The number of hydrogen-bond donors (Lipinski definition) is 1. The molecular weight excluding hydrogens is 242 g/mol. The minimum atomic E-state index is -0.0790. The molecule has 0 unspecified atom stereocenters. The van der Waals surface area contributed by atoms with Crippen LogP contribution in [0.4, 0.5) is 0 Å². The van der Waals surface area contributed by atoms with Gasteiger partial charge in [-0.15, -0.1) is 11.3 Å². The van der Waals surface area contributed by atoms with Gasteiger partial charge in [0.25, 0.3) is 0 Å². The van der Waals surface area contributed by atoms with Gasteiger partial charge in [-0.1, -0.05) is 0 Å². The smallest absolute Gasteiger partial charge is 0.112 e. The van der Waals surface area contributed by atoms with E-state index in [9.17, 15) is 0 Å². The topological polar surface area (TPSA) is 29.9 Å². The zero-order valence-electron chi connectivity index (χ0n) is 11.7. The van der Waals surface area contributed by atoms with Crippen LogP contribution in [0.2, 0.25) is 0 Å². The maximum atomic E-state index is 4.40. The molecule has 0 aromatic carbocycles. The second kappa shape index (κ2) is 4.86. The van der Waals surface area contributed by atoms with Crippen LogP contribution in [0.25, 0.3) is 0 Å². The Kier molecular flexibility index (Phi) is 3.59. The van der Waals surface area contributed by atoms with Crippen molar-refractivity contribution < 1.29 is 0 Å². The first-order valence-corrected chi connectivity index (χ1v) is 7.06. The molecule has 0 bridgehead atoms. The Balaban J connectivity index is 2.10. The molecule has 4 heteroatoms. The van der Waals surface area contributed by atoms with Crippen LogP contribution in [0.5, 0.6) is 0 Å². The number of hydrogen-bond acceptors (Lipinski definition) is 3. The summed E-state index contributed by atoms with van der Waals surface area (Å²) in [6, 6.07) is 2.25. The van der Waals surface area contributed by atoms with Gasteiger partial charge in [0, 0.05) is 36.6 Å². The highest BCUT2D eigenvalue weighted by atomic mass is 32.1. The highest BCUT2D eigenvalue weighted by Gasteiger charge is 2.22. The third kappa shape index (κ3) is 2.49. The van der Waals surface area contributed by atoms with Crippen LogP contribution in [-0.2, 0) is 19.1 Å². The number of aryl methyl sites for hydroxylation is 1. The van der Waals surface area contributed by atoms with Crippen molar-refractivity contribution in [3.05, 3.63) is 39.6 Å². The van der Waals surface area contributed by atoms with E-state index >= 15 is 0 Å². The summed E-state index contributed by atoms with van der Waals surface area (Å²) in [6.45, 7) is 9.54. The van der Waals surface area contributed by atoms with Crippen molar-refractivity contribution in [2.24, 2.45) is 7.05 Å². The Hall–Kier alpha value is -1.13. The zero-order valence-corrected chi connectivity index (χ0v) is 12.6. The lowest BCUT2D eigenvalue weighted by Crippen LogP contribution is -2.35. The van der Waals surface area contributed by atoms with Gasteiger partial charge in [0.1, 0.15) is 5.01 Å². The van der Waals surface area contributed by atoms with E-state index in [1.54, 1.807) is 11.3 Å². The lowest BCUT2D eigenvalue weighted by molar-refractivity contribution is 0.399. The van der Waals surface area contributed by atoms with Crippen LogP contribution in [-0.4, -0.2) is 9.55 Å². The number of nitrogens with one attached hydrogen (secondary N) is 1. The van der Waals surface area contributed by atoms with Crippen molar-refractivity contribution in [2.45, 2.75) is 39.8 Å². The number of rotatable bonds is 4. The molecular formula is C14H21N3S. The number of nitrogens with zero attached hydrogens (tertiary/aromatic N) is 2. The van der Waals surface area contributed by atoms with Crippen LogP contribution in [0.15, 0.2) is 17.6 Å². The van der Waals surface area contributed by atoms with Crippen LogP contribution in [0.1, 0.15) is 35.8 Å². The summed E-state index contributed by atoms with van der Waals surface area (Å²) < 4.78 is 2.23. The molecule has 2 aromatic heterocycles. The summed E-state index contributed by atoms with van der Waals surface area (Å²) in [6.07, 6.45) is 1.86. The molecule has 0 saturated heterocycles. The second-order valence-corrected chi connectivity index (χ2v) is 6.17. The van der Waals surface area contributed by atoms with Gasteiger partial charge in [-0.2, -0.15) is 0 Å². The average Bonchev–Trinajstić information content (AvgIpc) is 2.92. The number of thiazole rings is 1. The highest BCUT2D eigenvalue weighted by molar-refractivity contribution is 7.09. The third-order valence-corrected chi connectivity index (χ3v) is 4.66. The molecule has 0 spiro atoms. The van der Waals surface area contributed by atoms with Gasteiger partial charge in [-0.3, -0.25) is 0 Å². The molecule has 0 saturated carbocycles. The molecule has 0 aliphatic carbocycles. The quantitative estimate of drug-likeness (QED) is 0.918. The molecule has 0 aliphatic rings. The van der Waals surface area contributed by atoms with Gasteiger partial charge in [-0.25, -0.2) is 4.98 Å². The largest absolute Gasteiger partial charge is 0.352 e. The molecule has 2 heterocycles. The highest BCUT2D eigenvalue weighted by Crippen LogP contribution is 2.23. The Morgan fingerprint density at radius 3 is 2.61 bits per heavy atom. The summed E-state index contributed by atoms with van der Waals surface area (Å²) >= 11 is 1.70. The molecule has 1 N–H and O–H groups in total. The van der Waals surface area contributed by atoms with Crippen LogP contribution >= 0.6 is 11.3 Å². The molecule has 0 atom stereocenters. The summed E-state index contributed by atoms with van der Waals surface area (Å²) in [5.74, 6) is 0. The van der Waals surface area contributed by atoms with Crippen molar-refractivity contribution in [3.8, 4) is 0 Å². The van der Waals surface area contributed by atoms with E-state index in [4.69, 9.17) is 0 Å². The van der Waals surface area contributed by atoms with Crippen LogP contribution < -0.4 is 5.32 Å². The van der Waals surface area contributed by atoms with Gasteiger partial charge < -0.3 is 9.88 Å². The van der Waals surface area contributed by atoms with Gasteiger partial charge >= 0.3 is 0 Å². The Bertz CT molecular complexity index is 523. The van der Waals surface area contributed by atoms with Crippen LogP contribution in [0.3, 0.4) is 0 Å². The standard InChI is InChI=1S/C14H21N3S/c1-10-8-12(11(2)17(10)5)9-16-14(3,4)13-15-6-7-18-13/h6-8,16H,9H2,1-5H3. The normalized spacial score (nSPS) is 12.1. The van der Waals surface area contributed by atoms with Gasteiger partial charge in [-0.05, 0) is 39.3 Å². The minimum Gasteiger partial charge on any atom is -0.352 e. The lowest BCUT2D eigenvalue weighted by atomic mass is 10.1. The summed E-state index contributed by atoms with van der Waals surface area (Å²) in [4.78, 5) is 4.40. The summed E-state index contributed by atoms with van der Waals surface area (Å²) in [5.41, 5.74) is 3.91. The van der Waals surface area contributed by atoms with E-state index in [1.807, 2.05) is 11.6 Å². The Morgan fingerprint density at radius 1 is 1.39 bits per heavy atom. The molecule has 0 aliphatic heterocycles. The fourth-order valence-corrected chi connectivity index (χ4v) is 2.78. The van der Waals surface area contributed by atoms with Crippen LogP contribution in [0, 0.1) is 13.8 Å². The molecule has 0 radical (unpaired) electrons. The van der Waals surface area contributed by atoms with Gasteiger partial charge in [0.15, 0.2) is 0 Å². The van der Waals surface area contributed by atoms with E-state index in [0.29, 0.717) is 0 Å². The molecule has 18 heavy (non-hydrogen) atoms. The van der Waals surface area contributed by atoms with Crippen molar-refractivity contribution in [1.82, 2.24) is 14.9 Å². The molecule has 3 nitrogen and oxygen atoms in total. The number of aromatic nitrogens is 2. The van der Waals surface area contributed by atoms with E-state index in [-0.39, 0.29) is 5.54 Å². The lowest BCUT2D eigenvalue weighted by Gasteiger charge is -2.24. The monoisotopic (exact) mass is 263 g/mol. The van der Waals surface area contributed by atoms with Crippen molar-refractivity contribution in [1.29, 1.82) is 0 Å². The fourth-order valence-electron chi connectivity index (χ4n) is 2.04. The fraction of sp³-hybridized carbons (Fsp3) is 0.500. The maximum Gasteiger partial charge on any atom is 0.112 e. The molecule has 0 amide bonds. The van der Waals surface area contributed by atoms with E-state index in [1.165, 1.54) is 17.0 Å². The first-order chi connectivity index (χ1) is 8.42. The average molecular weight is 263 g/mol. The Morgan fingerprint density at radius 2 is 2.11 bits per heavy atom. The Labute approximate surface area is 113 Å². The van der Waals surface area contributed by atoms with Crippen molar-refractivity contribution >= 4 is 11.3 Å². The van der Waals surface area contributed by atoms with E-state index in [0.717, 1.165) is 11.6 Å². The third-order valence-electron chi connectivity index (χ3n) is 3.57. The minimum absolute atomic E-state index is 0.0790. The molecule has 0 fully saturated rings.